The lowest BCUT2D eigenvalue weighted by Crippen LogP contribution is -2.13. The van der Waals surface area contributed by atoms with Gasteiger partial charge in [0.25, 0.3) is 5.91 Å². The van der Waals surface area contributed by atoms with Gasteiger partial charge in [-0.25, -0.2) is 0 Å². The molecule has 3 aromatic carbocycles. The highest BCUT2D eigenvalue weighted by Crippen LogP contribution is 2.29. The number of anilines is 1. The summed E-state index contributed by atoms with van der Waals surface area (Å²) in [6.07, 6.45) is -4.44. The van der Waals surface area contributed by atoms with Crippen molar-refractivity contribution in [3.63, 3.8) is 0 Å². The van der Waals surface area contributed by atoms with Crippen LogP contribution in [0.25, 0.3) is 16.7 Å². The van der Waals surface area contributed by atoms with Crippen molar-refractivity contribution >= 4 is 34.2 Å². The van der Waals surface area contributed by atoms with Gasteiger partial charge in [0.15, 0.2) is 0 Å². The van der Waals surface area contributed by atoms with Crippen LogP contribution in [0.5, 0.6) is 0 Å². The van der Waals surface area contributed by atoms with Crippen LogP contribution in [0.4, 0.5) is 18.9 Å². The lowest BCUT2D eigenvalue weighted by Gasteiger charge is -2.09. The normalized spacial score (nSPS) is 11.6. The Morgan fingerprint density at radius 3 is 2.21 bits per heavy atom. The van der Waals surface area contributed by atoms with E-state index < -0.39 is 17.6 Å². The first kappa shape index (κ1) is 18.9. The molecule has 0 saturated carbocycles. The molecule has 9 heteroatoms. The van der Waals surface area contributed by atoms with Crippen molar-refractivity contribution in [1.29, 1.82) is 0 Å². The summed E-state index contributed by atoms with van der Waals surface area (Å²) in [4.78, 5) is 13.7. The van der Waals surface area contributed by atoms with Crippen LogP contribution in [0.3, 0.4) is 0 Å². The lowest BCUT2D eigenvalue weighted by atomic mass is 10.1. The van der Waals surface area contributed by atoms with Crippen molar-refractivity contribution in [3.8, 4) is 5.69 Å². The van der Waals surface area contributed by atoms with Crippen LogP contribution in [0.1, 0.15) is 15.9 Å². The van der Waals surface area contributed by atoms with Crippen molar-refractivity contribution in [2.75, 3.05) is 5.32 Å². The van der Waals surface area contributed by atoms with Crippen LogP contribution in [-0.4, -0.2) is 20.9 Å². The molecule has 5 nitrogen and oxygen atoms in total. The Kier molecular flexibility index (Phi) is 4.71. The lowest BCUT2D eigenvalue weighted by molar-refractivity contribution is -0.137. The molecule has 1 aromatic heterocycles. The molecule has 0 bridgehead atoms. The Morgan fingerprint density at radius 2 is 1.55 bits per heavy atom. The fraction of sp³-hybridized carbons (Fsp3) is 0.0500. The maximum Gasteiger partial charge on any atom is 0.416 e. The minimum absolute atomic E-state index is 0.124. The molecule has 4 rings (SSSR count). The predicted molar refractivity (Wildman–Crippen MR) is 103 cm³/mol. The van der Waals surface area contributed by atoms with Gasteiger partial charge >= 0.3 is 6.18 Å². The average molecular weight is 417 g/mol. The molecule has 0 aliphatic rings. The molecule has 1 amide bonds. The van der Waals surface area contributed by atoms with Crippen molar-refractivity contribution in [2.45, 2.75) is 6.18 Å². The maximum absolute atomic E-state index is 12.6. The zero-order valence-corrected chi connectivity index (χ0v) is 15.4. The molecule has 29 heavy (non-hydrogen) atoms. The second-order valence-electron chi connectivity index (χ2n) is 6.20. The molecule has 0 saturated heterocycles. The maximum atomic E-state index is 12.6. The van der Waals surface area contributed by atoms with E-state index in [-0.39, 0.29) is 5.56 Å². The van der Waals surface area contributed by atoms with E-state index >= 15 is 0 Å². The van der Waals surface area contributed by atoms with Crippen LogP contribution in [0, 0.1) is 0 Å². The fourth-order valence-electron chi connectivity index (χ4n) is 2.70. The van der Waals surface area contributed by atoms with Gasteiger partial charge in [0.1, 0.15) is 11.0 Å². The van der Waals surface area contributed by atoms with Crippen LogP contribution in [0.2, 0.25) is 5.02 Å². The third-order valence-electron chi connectivity index (χ3n) is 4.17. The summed E-state index contributed by atoms with van der Waals surface area (Å²) in [5.74, 6) is -0.510. The molecule has 0 fully saturated rings. The highest BCUT2D eigenvalue weighted by atomic mass is 35.5. The highest BCUT2D eigenvalue weighted by molar-refractivity contribution is 6.31. The number of hydrogen-bond acceptors (Lipinski definition) is 3. The molecule has 0 aliphatic heterocycles. The predicted octanol–water partition coefficient (Wildman–Crippen LogP) is 5.35. The first-order chi connectivity index (χ1) is 13.8. The van der Waals surface area contributed by atoms with Crippen molar-refractivity contribution in [3.05, 3.63) is 82.9 Å². The molecule has 4 aromatic rings. The Bertz CT molecular complexity index is 1190. The topological polar surface area (TPSA) is 59.8 Å². The van der Waals surface area contributed by atoms with Crippen LogP contribution >= 0.6 is 11.6 Å². The zero-order valence-electron chi connectivity index (χ0n) is 14.6. The molecule has 0 radical (unpaired) electrons. The van der Waals surface area contributed by atoms with Crippen molar-refractivity contribution < 1.29 is 18.0 Å². The summed E-state index contributed by atoms with van der Waals surface area (Å²) in [5.41, 5.74) is 1.81. The third kappa shape index (κ3) is 4.07. The second kappa shape index (κ2) is 7.21. The van der Waals surface area contributed by atoms with E-state index in [1.54, 1.807) is 42.5 Å². The third-order valence-corrected chi connectivity index (χ3v) is 4.41. The Balaban J connectivity index is 1.49. The number of nitrogens with zero attached hydrogens (tertiary/aromatic N) is 3. The summed E-state index contributed by atoms with van der Waals surface area (Å²) in [6, 6.07) is 15.9. The van der Waals surface area contributed by atoms with Gasteiger partial charge in [-0.15, -0.1) is 10.2 Å². The zero-order chi connectivity index (χ0) is 20.6. The SMILES string of the molecule is O=C(Nc1ccc(-n2nc3ccc(Cl)cc3n2)cc1)c1ccc(C(F)(F)F)cc1. The molecule has 0 atom stereocenters. The van der Waals surface area contributed by atoms with Gasteiger partial charge in [-0.3, -0.25) is 4.79 Å². The minimum Gasteiger partial charge on any atom is -0.322 e. The number of amides is 1. The number of aromatic nitrogens is 3. The van der Waals surface area contributed by atoms with Gasteiger partial charge < -0.3 is 5.32 Å². The molecular weight excluding hydrogens is 405 g/mol. The standard InChI is InChI=1S/C20H12ClF3N4O/c21-14-5-10-17-18(11-14)27-28(26-17)16-8-6-15(7-9-16)25-19(29)12-1-3-13(4-2-12)20(22,23)24/h1-11H,(H,25,29). The first-order valence-corrected chi connectivity index (χ1v) is 8.79. The smallest absolute Gasteiger partial charge is 0.322 e. The number of halogens is 4. The van der Waals surface area contributed by atoms with Crippen LogP contribution in [0.15, 0.2) is 66.7 Å². The van der Waals surface area contributed by atoms with Gasteiger partial charge in [-0.1, -0.05) is 11.6 Å². The van der Waals surface area contributed by atoms with E-state index in [4.69, 9.17) is 11.6 Å². The average Bonchev–Trinajstić information content (AvgIpc) is 3.11. The number of carbonyl (C=O) groups excluding carboxylic acids is 1. The van der Waals surface area contributed by atoms with Crippen LogP contribution < -0.4 is 5.32 Å². The number of carbonyl (C=O) groups is 1. The molecule has 1 N–H and O–H groups in total. The number of benzene rings is 3. The van der Waals surface area contributed by atoms with Gasteiger partial charge in [0.2, 0.25) is 0 Å². The van der Waals surface area contributed by atoms with Gasteiger partial charge in [0.05, 0.1) is 11.3 Å². The molecule has 1 heterocycles. The monoisotopic (exact) mass is 416 g/mol. The van der Waals surface area contributed by atoms with Crippen LogP contribution in [-0.2, 0) is 6.18 Å². The Labute approximate surface area is 167 Å². The number of rotatable bonds is 3. The van der Waals surface area contributed by atoms with Gasteiger partial charge in [0, 0.05) is 16.3 Å². The fourth-order valence-corrected chi connectivity index (χ4v) is 2.86. The first-order valence-electron chi connectivity index (χ1n) is 8.41. The number of fused-ring (bicyclic) bond motifs is 1. The summed E-state index contributed by atoms with van der Waals surface area (Å²) in [6.45, 7) is 0. The molecule has 146 valence electrons. The number of hydrogen-bond donors (Lipinski definition) is 1. The van der Waals surface area contributed by atoms with E-state index in [1.165, 1.54) is 4.80 Å². The van der Waals surface area contributed by atoms with Crippen molar-refractivity contribution in [2.24, 2.45) is 0 Å². The molecule has 0 unspecified atom stereocenters. The number of nitrogens with one attached hydrogen (secondary N) is 1. The Morgan fingerprint density at radius 1 is 0.897 bits per heavy atom. The summed E-state index contributed by atoms with van der Waals surface area (Å²) in [7, 11) is 0. The molecular formula is C20H12ClF3N4O. The second-order valence-corrected chi connectivity index (χ2v) is 6.64. The van der Waals surface area contributed by atoms with Gasteiger partial charge in [-0.05, 0) is 66.7 Å². The molecule has 0 aliphatic carbocycles. The summed E-state index contributed by atoms with van der Waals surface area (Å²) < 4.78 is 37.8. The quantitative estimate of drug-likeness (QED) is 0.490. The van der Waals surface area contributed by atoms with E-state index in [9.17, 15) is 18.0 Å². The highest BCUT2D eigenvalue weighted by Gasteiger charge is 2.30. The van der Waals surface area contributed by atoms with E-state index in [0.29, 0.717) is 27.4 Å². The Hall–Kier alpha value is -3.39. The minimum atomic E-state index is -4.44. The number of alkyl halides is 3. The van der Waals surface area contributed by atoms with Crippen molar-refractivity contribution in [1.82, 2.24) is 15.0 Å². The summed E-state index contributed by atoms with van der Waals surface area (Å²) >= 11 is 5.95. The van der Waals surface area contributed by atoms with Gasteiger partial charge in [-0.2, -0.15) is 18.0 Å². The van der Waals surface area contributed by atoms with E-state index in [2.05, 4.69) is 15.5 Å². The van der Waals surface area contributed by atoms with E-state index in [0.717, 1.165) is 24.3 Å². The van der Waals surface area contributed by atoms with E-state index in [1.807, 2.05) is 0 Å². The summed E-state index contributed by atoms with van der Waals surface area (Å²) in [5, 5.41) is 11.9. The largest absolute Gasteiger partial charge is 0.416 e. The molecule has 0 spiro atoms.